The largest absolute Gasteiger partial charge is 0.459 e. The van der Waals surface area contributed by atoms with Crippen LogP contribution in [0.15, 0.2) is 15.3 Å². The molecule has 23 heavy (non-hydrogen) atoms. The molecule has 6 nitrogen and oxygen atoms in total. The summed E-state index contributed by atoms with van der Waals surface area (Å²) in [6.45, 7) is 3.85. The molecule has 0 radical (unpaired) electrons. The second-order valence-corrected chi connectivity index (χ2v) is 6.72. The van der Waals surface area contributed by atoms with Crippen molar-refractivity contribution in [2.45, 2.75) is 58.4 Å². The molecule has 0 bridgehead atoms. The van der Waals surface area contributed by atoms with Crippen LogP contribution < -0.4 is 11.3 Å². The van der Waals surface area contributed by atoms with E-state index in [0.29, 0.717) is 22.6 Å². The van der Waals surface area contributed by atoms with E-state index in [9.17, 15) is 9.59 Å². The molecule has 0 aromatic carbocycles. The Morgan fingerprint density at radius 1 is 1.39 bits per heavy atom. The number of fused-ring (bicyclic) bond motifs is 1. The summed E-state index contributed by atoms with van der Waals surface area (Å²) in [5.74, 6) is 1.74. The van der Waals surface area contributed by atoms with E-state index in [4.69, 9.17) is 10.2 Å². The number of hydrogen-bond donors (Lipinski definition) is 1. The molecule has 2 aromatic rings. The van der Waals surface area contributed by atoms with Crippen LogP contribution in [0.5, 0.6) is 0 Å². The van der Waals surface area contributed by atoms with E-state index >= 15 is 0 Å². The maximum Gasteiger partial charge on any atom is 0.278 e. The topological polar surface area (TPSA) is 91.1 Å². The number of carbonyl (C=O) groups excluding carboxylic acids is 1. The summed E-state index contributed by atoms with van der Waals surface area (Å²) in [4.78, 5) is 23.0. The zero-order valence-electron chi connectivity index (χ0n) is 13.7. The van der Waals surface area contributed by atoms with E-state index < -0.39 is 5.91 Å². The van der Waals surface area contributed by atoms with Gasteiger partial charge in [0.15, 0.2) is 5.58 Å². The second-order valence-electron chi connectivity index (χ2n) is 6.72. The van der Waals surface area contributed by atoms with Gasteiger partial charge in [0.25, 0.3) is 5.56 Å². The van der Waals surface area contributed by atoms with E-state index in [1.165, 1.54) is 19.3 Å². The van der Waals surface area contributed by atoms with Gasteiger partial charge in [-0.3, -0.25) is 9.59 Å². The zero-order chi connectivity index (χ0) is 16.6. The summed E-state index contributed by atoms with van der Waals surface area (Å²) in [6.07, 6.45) is 6.66. The molecule has 2 aliphatic carbocycles. The summed E-state index contributed by atoms with van der Waals surface area (Å²) >= 11 is 0. The number of amides is 1. The third-order valence-electron chi connectivity index (χ3n) is 4.49. The minimum absolute atomic E-state index is 0.209. The lowest BCUT2D eigenvalue weighted by Gasteiger charge is -2.18. The predicted molar refractivity (Wildman–Crippen MR) is 87.2 cm³/mol. The van der Waals surface area contributed by atoms with E-state index in [1.54, 1.807) is 13.0 Å². The number of nitrogens with zero attached hydrogens (tertiary/aromatic N) is 2. The number of hydrogen-bond acceptors (Lipinski definition) is 4. The van der Waals surface area contributed by atoms with E-state index in [0.717, 1.165) is 29.2 Å². The Hall–Kier alpha value is -2.11. The summed E-state index contributed by atoms with van der Waals surface area (Å²) in [6, 6.07) is 1.77. The van der Waals surface area contributed by atoms with Crippen LogP contribution in [0.25, 0.3) is 11.0 Å². The van der Waals surface area contributed by atoms with Gasteiger partial charge >= 0.3 is 0 Å². The van der Waals surface area contributed by atoms with Crippen LogP contribution in [0.3, 0.4) is 0 Å². The molecule has 0 spiro atoms. The van der Waals surface area contributed by atoms with Gasteiger partial charge in [0.05, 0.1) is 5.39 Å². The molecule has 0 atom stereocenters. The van der Waals surface area contributed by atoms with Crippen LogP contribution in [-0.2, 0) is 11.3 Å². The fourth-order valence-electron chi connectivity index (χ4n) is 2.68. The lowest BCUT2D eigenvalue weighted by Crippen LogP contribution is -2.30. The molecule has 4 rings (SSSR count). The van der Waals surface area contributed by atoms with Gasteiger partial charge in [-0.1, -0.05) is 26.2 Å². The molecule has 0 aliphatic heterocycles. The first-order chi connectivity index (χ1) is 11.0. The third-order valence-corrected chi connectivity index (χ3v) is 4.49. The SMILES string of the molecule is CC1CCC1.Cc1nn(CC(N)=O)c(=O)c2cc(C3CC3)oc12. The van der Waals surface area contributed by atoms with Crippen molar-refractivity contribution in [3.8, 4) is 0 Å². The van der Waals surface area contributed by atoms with Crippen molar-refractivity contribution in [1.29, 1.82) is 0 Å². The number of furan rings is 1. The molecule has 6 heteroatoms. The number of aromatic nitrogens is 2. The summed E-state index contributed by atoms with van der Waals surface area (Å²) < 4.78 is 6.76. The Bertz CT molecular complexity index is 782. The van der Waals surface area contributed by atoms with Crippen molar-refractivity contribution in [2.75, 3.05) is 0 Å². The highest BCUT2D eigenvalue weighted by Gasteiger charge is 2.28. The number of primary amides is 1. The number of rotatable bonds is 3. The van der Waals surface area contributed by atoms with Crippen LogP contribution in [0.4, 0.5) is 0 Å². The van der Waals surface area contributed by atoms with E-state index in [-0.39, 0.29) is 12.1 Å². The molecular weight excluding hydrogens is 294 g/mol. The van der Waals surface area contributed by atoms with Gasteiger partial charge < -0.3 is 10.2 Å². The van der Waals surface area contributed by atoms with Crippen molar-refractivity contribution in [3.63, 3.8) is 0 Å². The van der Waals surface area contributed by atoms with E-state index in [1.807, 2.05) is 0 Å². The highest BCUT2D eigenvalue weighted by atomic mass is 16.3. The number of nitrogens with two attached hydrogens (primary N) is 1. The van der Waals surface area contributed by atoms with Crippen molar-refractivity contribution in [3.05, 3.63) is 27.9 Å². The monoisotopic (exact) mass is 317 g/mol. The normalized spacial score (nSPS) is 17.5. The minimum Gasteiger partial charge on any atom is -0.459 e. The second kappa shape index (κ2) is 6.18. The first-order valence-electron chi connectivity index (χ1n) is 8.25. The summed E-state index contributed by atoms with van der Waals surface area (Å²) in [5.41, 5.74) is 5.87. The molecular formula is C17H23N3O3. The summed E-state index contributed by atoms with van der Waals surface area (Å²) in [5, 5.41) is 4.52. The highest BCUT2D eigenvalue weighted by Crippen LogP contribution is 2.41. The Kier molecular flexibility index (Phi) is 4.24. The molecule has 2 fully saturated rings. The molecule has 2 N–H and O–H groups in total. The standard InChI is InChI=1S/C12H13N3O3.C5H10/c1-6-11-8(4-9(18-11)7-2-3-7)12(17)15(14-6)5-10(13)16;1-5-3-2-4-5/h4,7H,2-3,5H2,1H3,(H2,13,16);5H,2-4H2,1H3. The first-order valence-corrected chi connectivity index (χ1v) is 8.25. The molecule has 2 saturated carbocycles. The van der Waals surface area contributed by atoms with Gasteiger partial charge in [-0.25, -0.2) is 4.68 Å². The number of aryl methyl sites for hydroxylation is 1. The van der Waals surface area contributed by atoms with Crippen LogP contribution in [0.2, 0.25) is 0 Å². The fraction of sp³-hybridized carbons (Fsp3) is 0.588. The number of carbonyl (C=O) groups is 1. The van der Waals surface area contributed by atoms with Gasteiger partial charge in [-0.15, -0.1) is 0 Å². The maximum atomic E-state index is 12.1. The lowest BCUT2D eigenvalue weighted by molar-refractivity contribution is -0.118. The molecule has 2 aliphatic rings. The molecule has 0 unspecified atom stereocenters. The average molecular weight is 317 g/mol. The van der Waals surface area contributed by atoms with Crippen molar-refractivity contribution in [1.82, 2.24) is 9.78 Å². The van der Waals surface area contributed by atoms with Crippen molar-refractivity contribution < 1.29 is 9.21 Å². The van der Waals surface area contributed by atoms with Crippen molar-refractivity contribution >= 4 is 16.9 Å². The molecule has 0 saturated heterocycles. The summed E-state index contributed by atoms with van der Waals surface area (Å²) in [7, 11) is 0. The van der Waals surface area contributed by atoms with Crippen LogP contribution in [0.1, 0.15) is 56.4 Å². The Morgan fingerprint density at radius 2 is 2.04 bits per heavy atom. The van der Waals surface area contributed by atoms with Crippen LogP contribution in [0, 0.1) is 12.8 Å². The average Bonchev–Trinajstić information content (AvgIpc) is 3.21. The fourth-order valence-corrected chi connectivity index (χ4v) is 2.68. The molecule has 2 heterocycles. The highest BCUT2D eigenvalue weighted by molar-refractivity contribution is 5.79. The van der Waals surface area contributed by atoms with Crippen molar-refractivity contribution in [2.24, 2.45) is 11.7 Å². The quantitative estimate of drug-likeness (QED) is 0.941. The molecule has 1 amide bonds. The van der Waals surface area contributed by atoms with Crippen LogP contribution >= 0.6 is 0 Å². The predicted octanol–water partition coefficient (Wildman–Crippen LogP) is 2.47. The van der Waals surface area contributed by atoms with Gasteiger partial charge in [0, 0.05) is 5.92 Å². The van der Waals surface area contributed by atoms with Gasteiger partial charge in [-0.05, 0) is 31.7 Å². The maximum absolute atomic E-state index is 12.1. The third kappa shape index (κ3) is 3.46. The Balaban J connectivity index is 0.000000267. The zero-order valence-corrected chi connectivity index (χ0v) is 13.7. The molecule has 124 valence electrons. The van der Waals surface area contributed by atoms with E-state index in [2.05, 4.69) is 12.0 Å². The Labute approximate surface area is 134 Å². The molecule has 2 aromatic heterocycles. The van der Waals surface area contributed by atoms with Gasteiger partial charge in [0.2, 0.25) is 5.91 Å². The smallest absolute Gasteiger partial charge is 0.278 e. The van der Waals surface area contributed by atoms with Gasteiger partial charge in [0.1, 0.15) is 18.0 Å². The van der Waals surface area contributed by atoms with Crippen LogP contribution in [-0.4, -0.2) is 15.7 Å². The first kappa shape index (κ1) is 15.8. The van der Waals surface area contributed by atoms with Gasteiger partial charge in [-0.2, -0.15) is 5.10 Å². The Morgan fingerprint density at radius 3 is 2.52 bits per heavy atom. The lowest BCUT2D eigenvalue weighted by atomic mass is 9.88. The minimum atomic E-state index is -0.589.